The number of aliphatic hydroxyl groups excluding tert-OH is 2. The van der Waals surface area contributed by atoms with Gasteiger partial charge >= 0.3 is 0 Å². The Morgan fingerprint density at radius 3 is 2.73 bits per heavy atom. The van der Waals surface area contributed by atoms with E-state index in [9.17, 15) is 0 Å². The molecule has 1 unspecified atom stereocenters. The minimum Gasteiger partial charge on any atom is -0.394 e. The van der Waals surface area contributed by atoms with Crippen molar-refractivity contribution in [2.75, 3.05) is 13.2 Å². The molecule has 1 atom stereocenters. The highest BCUT2D eigenvalue weighted by molar-refractivity contribution is 6.33. The Morgan fingerprint density at radius 2 is 2.07 bits per heavy atom. The van der Waals surface area contributed by atoms with E-state index in [1.165, 1.54) is 0 Å². The average molecular weight is 250 g/mol. The van der Waals surface area contributed by atoms with Crippen molar-refractivity contribution in [3.8, 4) is 0 Å². The molecule has 0 amide bonds. The molecular formula is C10H13Cl2NO2. The van der Waals surface area contributed by atoms with Crippen LogP contribution in [0.5, 0.6) is 0 Å². The second-order valence-corrected chi connectivity index (χ2v) is 4.05. The van der Waals surface area contributed by atoms with Crippen molar-refractivity contribution in [1.29, 1.82) is 0 Å². The first-order chi connectivity index (χ1) is 7.13. The average Bonchev–Trinajstić information content (AvgIpc) is 2.23. The van der Waals surface area contributed by atoms with Gasteiger partial charge in [-0.3, -0.25) is 0 Å². The summed E-state index contributed by atoms with van der Waals surface area (Å²) in [5.74, 6) is 0. The minimum absolute atomic E-state index is 0.254. The fourth-order valence-corrected chi connectivity index (χ4v) is 1.50. The van der Waals surface area contributed by atoms with E-state index in [-0.39, 0.29) is 6.61 Å². The monoisotopic (exact) mass is 249 g/mol. The lowest BCUT2D eigenvalue weighted by Gasteiger charge is -2.10. The zero-order valence-corrected chi connectivity index (χ0v) is 9.59. The Morgan fingerprint density at radius 1 is 1.33 bits per heavy atom. The van der Waals surface area contributed by atoms with E-state index in [4.69, 9.17) is 33.4 Å². The van der Waals surface area contributed by atoms with Gasteiger partial charge in [-0.25, -0.2) is 0 Å². The molecule has 0 aliphatic heterocycles. The Bertz CT molecular complexity index is 320. The smallest absolute Gasteiger partial charge is 0.0895 e. The van der Waals surface area contributed by atoms with Crippen molar-refractivity contribution in [3.05, 3.63) is 33.8 Å². The van der Waals surface area contributed by atoms with Crippen LogP contribution in [0.25, 0.3) is 0 Å². The highest BCUT2D eigenvalue weighted by atomic mass is 35.5. The summed E-state index contributed by atoms with van der Waals surface area (Å²) >= 11 is 11.7. The molecule has 0 radical (unpaired) electrons. The molecule has 15 heavy (non-hydrogen) atoms. The molecule has 1 aromatic rings. The quantitative estimate of drug-likeness (QED) is 0.741. The van der Waals surface area contributed by atoms with Gasteiger partial charge in [-0.15, -0.1) is 0 Å². The predicted molar refractivity (Wildman–Crippen MR) is 61.3 cm³/mol. The van der Waals surface area contributed by atoms with Crippen molar-refractivity contribution in [3.63, 3.8) is 0 Å². The van der Waals surface area contributed by atoms with Gasteiger partial charge in [0.2, 0.25) is 0 Å². The zero-order valence-electron chi connectivity index (χ0n) is 8.08. The molecular weight excluding hydrogens is 237 g/mol. The van der Waals surface area contributed by atoms with E-state index in [1.807, 2.05) is 0 Å². The molecule has 0 saturated carbocycles. The maximum atomic E-state index is 9.09. The van der Waals surface area contributed by atoms with Crippen LogP contribution in [0.2, 0.25) is 10.0 Å². The molecule has 3 N–H and O–H groups in total. The van der Waals surface area contributed by atoms with E-state index in [0.717, 1.165) is 5.56 Å². The van der Waals surface area contributed by atoms with Crippen molar-refractivity contribution in [2.45, 2.75) is 12.6 Å². The Kier molecular flexibility index (Phi) is 5.36. The molecule has 1 aromatic carbocycles. The second-order valence-electron chi connectivity index (χ2n) is 3.20. The third-order valence-corrected chi connectivity index (χ3v) is 2.52. The van der Waals surface area contributed by atoms with Gasteiger partial charge in [0.05, 0.1) is 12.7 Å². The number of hydrogen-bond acceptors (Lipinski definition) is 3. The lowest BCUT2D eigenvalue weighted by molar-refractivity contribution is 0.0942. The molecule has 84 valence electrons. The van der Waals surface area contributed by atoms with Crippen LogP contribution in [0.15, 0.2) is 18.2 Å². The van der Waals surface area contributed by atoms with Gasteiger partial charge in [0.15, 0.2) is 0 Å². The summed E-state index contributed by atoms with van der Waals surface area (Å²) in [6.07, 6.45) is -0.747. The van der Waals surface area contributed by atoms with Crippen molar-refractivity contribution >= 4 is 23.2 Å². The number of halogens is 2. The van der Waals surface area contributed by atoms with Crippen LogP contribution < -0.4 is 5.32 Å². The topological polar surface area (TPSA) is 52.5 Å². The van der Waals surface area contributed by atoms with Crippen molar-refractivity contribution in [2.24, 2.45) is 0 Å². The summed E-state index contributed by atoms with van der Waals surface area (Å²) in [5, 5.41) is 21.9. The number of benzene rings is 1. The molecule has 0 saturated heterocycles. The fourth-order valence-electron chi connectivity index (χ4n) is 1.12. The molecule has 0 spiro atoms. The highest BCUT2D eigenvalue weighted by Gasteiger charge is 2.03. The molecule has 1 rings (SSSR count). The number of hydrogen-bond donors (Lipinski definition) is 3. The zero-order chi connectivity index (χ0) is 11.3. The lowest BCUT2D eigenvalue weighted by atomic mass is 10.2. The molecule has 0 aromatic heterocycles. The predicted octanol–water partition coefficient (Wildman–Crippen LogP) is 1.44. The van der Waals surface area contributed by atoms with Crippen molar-refractivity contribution < 1.29 is 10.2 Å². The van der Waals surface area contributed by atoms with Crippen LogP contribution in [0.3, 0.4) is 0 Å². The molecule has 0 aliphatic rings. The van der Waals surface area contributed by atoms with Gasteiger partial charge in [0, 0.05) is 23.1 Å². The molecule has 0 bridgehead atoms. The summed E-state index contributed by atoms with van der Waals surface area (Å²) in [6, 6.07) is 5.21. The standard InChI is InChI=1S/C10H13Cl2NO2/c11-8-1-2-10(12)7(3-8)4-13-5-9(15)6-14/h1-3,9,13-15H,4-6H2. The number of nitrogens with one attached hydrogen (secondary N) is 1. The van der Waals surface area contributed by atoms with Gasteiger partial charge in [0.25, 0.3) is 0 Å². The maximum Gasteiger partial charge on any atom is 0.0895 e. The molecule has 0 aliphatic carbocycles. The largest absolute Gasteiger partial charge is 0.394 e. The van der Waals surface area contributed by atoms with Gasteiger partial charge in [-0.05, 0) is 23.8 Å². The van der Waals surface area contributed by atoms with Gasteiger partial charge in [0.1, 0.15) is 0 Å². The minimum atomic E-state index is -0.747. The summed E-state index contributed by atoms with van der Waals surface area (Å²) in [6.45, 7) is 0.575. The first kappa shape index (κ1) is 12.7. The molecule has 0 heterocycles. The molecule has 0 fully saturated rings. The summed E-state index contributed by atoms with van der Waals surface area (Å²) in [5.41, 5.74) is 0.870. The Hall–Kier alpha value is -0.320. The van der Waals surface area contributed by atoms with E-state index >= 15 is 0 Å². The summed E-state index contributed by atoms with van der Waals surface area (Å²) in [7, 11) is 0. The van der Waals surface area contributed by atoms with E-state index in [0.29, 0.717) is 23.1 Å². The summed E-state index contributed by atoms with van der Waals surface area (Å²) in [4.78, 5) is 0. The highest BCUT2D eigenvalue weighted by Crippen LogP contribution is 2.20. The lowest BCUT2D eigenvalue weighted by Crippen LogP contribution is -2.29. The van der Waals surface area contributed by atoms with Gasteiger partial charge in [-0.1, -0.05) is 23.2 Å². The van der Waals surface area contributed by atoms with Crippen LogP contribution in [-0.2, 0) is 6.54 Å². The number of rotatable bonds is 5. The van der Waals surface area contributed by atoms with E-state index in [2.05, 4.69) is 5.32 Å². The normalized spacial score (nSPS) is 12.8. The van der Waals surface area contributed by atoms with Crippen molar-refractivity contribution in [1.82, 2.24) is 5.32 Å². The van der Waals surface area contributed by atoms with Gasteiger partial charge in [-0.2, -0.15) is 0 Å². The first-order valence-corrected chi connectivity index (χ1v) is 5.32. The van der Waals surface area contributed by atoms with E-state index in [1.54, 1.807) is 18.2 Å². The van der Waals surface area contributed by atoms with E-state index < -0.39 is 6.10 Å². The third kappa shape index (κ3) is 4.36. The van der Waals surface area contributed by atoms with Crippen LogP contribution in [0, 0.1) is 0 Å². The maximum absolute atomic E-state index is 9.09. The van der Waals surface area contributed by atoms with Crippen LogP contribution >= 0.6 is 23.2 Å². The molecule has 3 nitrogen and oxygen atoms in total. The SMILES string of the molecule is OCC(O)CNCc1cc(Cl)ccc1Cl. The Labute approximate surface area is 98.6 Å². The van der Waals surface area contributed by atoms with Crippen LogP contribution in [0.4, 0.5) is 0 Å². The Balaban J connectivity index is 2.46. The van der Waals surface area contributed by atoms with Crippen LogP contribution in [-0.4, -0.2) is 29.5 Å². The van der Waals surface area contributed by atoms with Gasteiger partial charge < -0.3 is 15.5 Å². The molecule has 5 heteroatoms. The van der Waals surface area contributed by atoms with Crippen LogP contribution in [0.1, 0.15) is 5.56 Å². The third-order valence-electron chi connectivity index (χ3n) is 1.91. The first-order valence-electron chi connectivity index (χ1n) is 4.57. The second kappa shape index (κ2) is 6.30. The number of aliphatic hydroxyl groups is 2. The fraction of sp³-hybridized carbons (Fsp3) is 0.400. The summed E-state index contributed by atoms with van der Waals surface area (Å²) < 4.78 is 0.